The van der Waals surface area contributed by atoms with Crippen LogP contribution in [0.15, 0.2) is 6.20 Å². The summed E-state index contributed by atoms with van der Waals surface area (Å²) >= 11 is 1.29. The number of hydrogen-bond donors (Lipinski definition) is 1. The number of aryl methyl sites for hydroxylation is 1. The van der Waals surface area contributed by atoms with Crippen molar-refractivity contribution in [2.75, 3.05) is 0 Å². The Hall–Kier alpha value is -0.570. The zero-order valence-corrected chi connectivity index (χ0v) is 4.70. The van der Waals surface area contributed by atoms with E-state index in [9.17, 15) is 0 Å². The van der Waals surface area contributed by atoms with E-state index in [1.165, 1.54) is 11.3 Å². The van der Waals surface area contributed by atoms with Crippen molar-refractivity contribution in [1.29, 1.82) is 0 Å². The highest BCUT2D eigenvalue weighted by Crippen LogP contribution is 2.15. The molecule has 0 saturated heterocycles. The van der Waals surface area contributed by atoms with Crippen molar-refractivity contribution in [3.05, 3.63) is 11.1 Å². The zero-order valence-electron chi connectivity index (χ0n) is 3.88. The van der Waals surface area contributed by atoms with Gasteiger partial charge in [0.2, 0.25) is 0 Å². The van der Waals surface area contributed by atoms with Crippen LogP contribution in [-0.2, 0) is 0 Å². The molecule has 0 saturated carbocycles. The lowest BCUT2D eigenvalue weighted by Crippen LogP contribution is -1.51. The maximum absolute atomic E-state index is 8.56. The first-order chi connectivity index (χ1) is 3.29. The molecular formula is C4H5NOS. The van der Waals surface area contributed by atoms with Gasteiger partial charge in [0.15, 0.2) is 0 Å². The van der Waals surface area contributed by atoms with Crippen molar-refractivity contribution in [3.63, 3.8) is 0 Å². The first-order valence-electron chi connectivity index (χ1n) is 1.90. The third-order valence-electron chi connectivity index (χ3n) is 0.609. The van der Waals surface area contributed by atoms with Crippen molar-refractivity contribution in [1.82, 2.24) is 4.98 Å². The number of rotatable bonds is 0. The van der Waals surface area contributed by atoms with Gasteiger partial charge in [-0.25, -0.2) is 4.98 Å². The summed E-state index contributed by atoms with van der Waals surface area (Å²) < 4.78 is 0. The molecule has 0 aliphatic rings. The van der Waals surface area contributed by atoms with Crippen LogP contribution in [0.5, 0.6) is 5.19 Å². The summed E-state index contributed by atoms with van der Waals surface area (Å²) in [7, 11) is 0. The Labute approximate surface area is 45.5 Å². The molecule has 0 aliphatic heterocycles. The molecule has 0 aromatic carbocycles. The summed E-state index contributed by atoms with van der Waals surface area (Å²) in [4.78, 5) is 4.63. The van der Waals surface area contributed by atoms with Gasteiger partial charge in [-0.1, -0.05) is 11.3 Å². The molecule has 1 rings (SSSR count). The molecule has 0 aliphatic carbocycles. The summed E-state index contributed by atoms with van der Waals surface area (Å²) in [6, 6.07) is 0. The van der Waals surface area contributed by atoms with Crippen LogP contribution in [0.1, 0.15) is 4.88 Å². The van der Waals surface area contributed by atoms with Crippen LogP contribution in [0.2, 0.25) is 0 Å². The molecule has 1 N–H and O–H groups in total. The molecule has 3 heteroatoms. The molecule has 1 aromatic rings. The van der Waals surface area contributed by atoms with Gasteiger partial charge in [-0.2, -0.15) is 0 Å². The van der Waals surface area contributed by atoms with Gasteiger partial charge in [0.05, 0.1) is 0 Å². The van der Waals surface area contributed by atoms with E-state index in [1.54, 1.807) is 6.20 Å². The van der Waals surface area contributed by atoms with Crippen molar-refractivity contribution < 1.29 is 5.11 Å². The zero-order chi connectivity index (χ0) is 5.28. The van der Waals surface area contributed by atoms with Crippen LogP contribution in [0.4, 0.5) is 0 Å². The van der Waals surface area contributed by atoms with Crippen LogP contribution in [0, 0.1) is 6.92 Å². The van der Waals surface area contributed by atoms with Gasteiger partial charge in [0, 0.05) is 11.1 Å². The number of thiazole rings is 1. The average molecular weight is 115 g/mol. The molecule has 0 fully saturated rings. The van der Waals surface area contributed by atoms with Crippen molar-refractivity contribution in [2.24, 2.45) is 0 Å². The van der Waals surface area contributed by atoms with E-state index < -0.39 is 0 Å². The second-order valence-electron chi connectivity index (χ2n) is 1.25. The fraction of sp³-hybridized carbons (Fsp3) is 0.250. The summed E-state index contributed by atoms with van der Waals surface area (Å²) in [5.74, 6) is 0. The second kappa shape index (κ2) is 1.50. The van der Waals surface area contributed by atoms with Crippen molar-refractivity contribution in [3.8, 4) is 5.19 Å². The van der Waals surface area contributed by atoms with Gasteiger partial charge in [-0.15, -0.1) is 0 Å². The highest BCUT2D eigenvalue weighted by molar-refractivity contribution is 7.13. The largest absolute Gasteiger partial charge is 0.486 e. The molecule has 0 spiro atoms. The quantitative estimate of drug-likeness (QED) is 0.550. The van der Waals surface area contributed by atoms with E-state index in [0.29, 0.717) is 0 Å². The third-order valence-corrected chi connectivity index (χ3v) is 1.32. The minimum atomic E-state index is 0.150. The summed E-state index contributed by atoms with van der Waals surface area (Å²) in [6.45, 7) is 1.90. The number of nitrogens with zero attached hydrogens (tertiary/aromatic N) is 1. The first kappa shape index (κ1) is 4.59. The molecule has 38 valence electrons. The Morgan fingerprint density at radius 3 is 2.71 bits per heavy atom. The number of aromatic nitrogens is 1. The number of hydrogen-bond acceptors (Lipinski definition) is 3. The van der Waals surface area contributed by atoms with Crippen molar-refractivity contribution in [2.45, 2.75) is 6.92 Å². The Balaban J connectivity index is 3.04. The Morgan fingerprint density at radius 1 is 1.86 bits per heavy atom. The topological polar surface area (TPSA) is 33.1 Å². The first-order valence-corrected chi connectivity index (χ1v) is 2.72. The van der Waals surface area contributed by atoms with E-state index in [0.717, 1.165) is 4.88 Å². The molecule has 1 aromatic heterocycles. The summed E-state index contributed by atoms with van der Waals surface area (Å²) in [6.07, 6.45) is 1.64. The van der Waals surface area contributed by atoms with E-state index in [4.69, 9.17) is 5.11 Å². The molecule has 0 atom stereocenters. The van der Waals surface area contributed by atoms with Crippen LogP contribution >= 0.6 is 11.3 Å². The Morgan fingerprint density at radius 2 is 2.57 bits per heavy atom. The van der Waals surface area contributed by atoms with Gasteiger partial charge >= 0.3 is 0 Å². The van der Waals surface area contributed by atoms with Crippen LogP contribution < -0.4 is 0 Å². The average Bonchev–Trinajstić information content (AvgIpc) is 1.87. The lowest BCUT2D eigenvalue weighted by Gasteiger charge is -1.68. The number of aromatic hydroxyl groups is 1. The predicted octanol–water partition coefficient (Wildman–Crippen LogP) is 1.16. The SMILES string of the molecule is Cc1cnc(O)s1. The third kappa shape index (κ3) is 0.899. The van der Waals surface area contributed by atoms with E-state index in [1.807, 2.05) is 6.92 Å². The normalized spacial score (nSPS) is 9.29. The lowest BCUT2D eigenvalue weighted by atomic mass is 10.7. The Kier molecular flexibility index (Phi) is 0.982. The van der Waals surface area contributed by atoms with Gasteiger partial charge in [-0.3, -0.25) is 0 Å². The van der Waals surface area contributed by atoms with Crippen LogP contribution in [0.25, 0.3) is 0 Å². The monoisotopic (exact) mass is 115 g/mol. The van der Waals surface area contributed by atoms with Crippen LogP contribution in [0.3, 0.4) is 0 Å². The second-order valence-corrected chi connectivity index (χ2v) is 2.47. The molecule has 0 amide bonds. The maximum Gasteiger partial charge on any atom is 0.270 e. The lowest BCUT2D eigenvalue weighted by molar-refractivity contribution is 0.471. The maximum atomic E-state index is 8.56. The van der Waals surface area contributed by atoms with E-state index >= 15 is 0 Å². The predicted molar refractivity (Wildman–Crippen MR) is 28.5 cm³/mol. The fourth-order valence-corrected chi connectivity index (χ4v) is 0.842. The van der Waals surface area contributed by atoms with E-state index in [-0.39, 0.29) is 5.19 Å². The molecule has 0 unspecified atom stereocenters. The van der Waals surface area contributed by atoms with Gasteiger partial charge in [0.25, 0.3) is 5.19 Å². The van der Waals surface area contributed by atoms with Crippen LogP contribution in [-0.4, -0.2) is 10.1 Å². The van der Waals surface area contributed by atoms with Gasteiger partial charge in [0.1, 0.15) is 0 Å². The highest BCUT2D eigenvalue weighted by atomic mass is 32.1. The van der Waals surface area contributed by atoms with E-state index in [2.05, 4.69) is 4.98 Å². The molecular weight excluding hydrogens is 110 g/mol. The molecule has 1 heterocycles. The minimum absolute atomic E-state index is 0.150. The van der Waals surface area contributed by atoms with Gasteiger partial charge in [-0.05, 0) is 6.92 Å². The van der Waals surface area contributed by atoms with Gasteiger partial charge < -0.3 is 5.11 Å². The summed E-state index contributed by atoms with van der Waals surface area (Å²) in [5, 5.41) is 8.71. The molecule has 0 radical (unpaired) electrons. The smallest absolute Gasteiger partial charge is 0.270 e. The summed E-state index contributed by atoms with van der Waals surface area (Å²) in [5.41, 5.74) is 0. The highest BCUT2D eigenvalue weighted by Gasteiger charge is 1.89. The Bertz CT molecular complexity index is 144. The fourth-order valence-electron chi connectivity index (χ4n) is 0.343. The van der Waals surface area contributed by atoms with Crippen molar-refractivity contribution >= 4 is 11.3 Å². The molecule has 0 bridgehead atoms. The minimum Gasteiger partial charge on any atom is -0.486 e. The standard InChI is InChI=1S/C4H5NOS/c1-3-2-5-4(6)7-3/h2H,1H3,(H,5,6). The molecule has 7 heavy (non-hydrogen) atoms. The molecule has 2 nitrogen and oxygen atoms in total.